The summed E-state index contributed by atoms with van der Waals surface area (Å²) in [6, 6.07) is 12.7. The number of hydrogen-bond acceptors (Lipinski definition) is 3. The van der Waals surface area contributed by atoms with Crippen LogP contribution in [0.5, 0.6) is 5.75 Å². The van der Waals surface area contributed by atoms with Gasteiger partial charge in [-0.05, 0) is 42.8 Å². The molecule has 2 aromatic carbocycles. The number of ether oxygens (including phenoxy) is 1. The topological polar surface area (TPSA) is 46.0 Å². The van der Waals surface area contributed by atoms with Crippen molar-refractivity contribution in [2.45, 2.75) is 25.7 Å². The predicted octanol–water partition coefficient (Wildman–Crippen LogP) is 2.12. The van der Waals surface area contributed by atoms with Crippen LogP contribution in [0.2, 0.25) is 0 Å². The van der Waals surface area contributed by atoms with E-state index in [1.54, 1.807) is 13.2 Å². The molecule has 0 radical (unpaired) electrons. The molecule has 1 fully saturated rings. The Morgan fingerprint density at radius 2 is 1.83 bits per heavy atom. The molecule has 8 heteroatoms. The van der Waals surface area contributed by atoms with Gasteiger partial charge in [0.15, 0.2) is 6.04 Å². The standard InChI is InChI=1S/C22H26F3N3O2/c1-16(21(29)26-15-17-6-8-20(30-2)9-7-17)27-10-12-28(13-11-27)19-5-3-4-18(14-19)22(23,24)25/h3-9,14,16H,10-13,15H2,1-2H3,(H,26,29)/p+1/t16-/m1/s1. The monoisotopic (exact) mass is 422 g/mol. The molecule has 2 N–H and O–H groups in total. The number of hydrogen-bond donors (Lipinski definition) is 2. The maximum atomic E-state index is 13.0. The molecule has 30 heavy (non-hydrogen) atoms. The normalized spacial score (nSPS) is 16.2. The first-order chi connectivity index (χ1) is 14.3. The predicted molar refractivity (Wildman–Crippen MR) is 109 cm³/mol. The highest BCUT2D eigenvalue weighted by molar-refractivity contribution is 5.79. The minimum absolute atomic E-state index is 0.0339. The molecule has 0 aliphatic carbocycles. The number of halogens is 3. The van der Waals surface area contributed by atoms with E-state index in [2.05, 4.69) is 5.32 Å². The van der Waals surface area contributed by atoms with Gasteiger partial charge in [0.05, 0.1) is 38.9 Å². The number of amides is 1. The number of alkyl halides is 3. The summed E-state index contributed by atoms with van der Waals surface area (Å²) in [5.41, 5.74) is 0.919. The smallest absolute Gasteiger partial charge is 0.416 e. The van der Waals surface area contributed by atoms with Crippen LogP contribution in [0, 0.1) is 0 Å². The second-order valence-electron chi connectivity index (χ2n) is 7.48. The summed E-state index contributed by atoms with van der Waals surface area (Å²) in [4.78, 5) is 15.6. The fourth-order valence-electron chi connectivity index (χ4n) is 3.64. The van der Waals surface area contributed by atoms with Crippen LogP contribution in [-0.4, -0.2) is 45.2 Å². The molecular formula is C22H27F3N3O2+. The fourth-order valence-corrected chi connectivity index (χ4v) is 3.64. The number of anilines is 1. The number of quaternary nitrogens is 1. The van der Waals surface area contributed by atoms with Crippen molar-refractivity contribution in [3.8, 4) is 5.75 Å². The minimum atomic E-state index is -4.35. The van der Waals surface area contributed by atoms with Gasteiger partial charge in [-0.2, -0.15) is 13.2 Å². The fraction of sp³-hybridized carbons (Fsp3) is 0.409. The Labute approximate surface area is 174 Å². The second-order valence-corrected chi connectivity index (χ2v) is 7.48. The maximum Gasteiger partial charge on any atom is 0.416 e. The number of nitrogens with one attached hydrogen (secondary N) is 2. The van der Waals surface area contributed by atoms with E-state index >= 15 is 0 Å². The zero-order valence-electron chi connectivity index (χ0n) is 17.1. The molecule has 0 aromatic heterocycles. The minimum Gasteiger partial charge on any atom is -0.497 e. The number of benzene rings is 2. The van der Waals surface area contributed by atoms with Crippen molar-refractivity contribution in [1.82, 2.24) is 5.32 Å². The summed E-state index contributed by atoms with van der Waals surface area (Å²) in [7, 11) is 1.61. The highest BCUT2D eigenvalue weighted by Gasteiger charge is 2.32. The molecule has 0 bridgehead atoms. The molecule has 0 unspecified atom stereocenters. The van der Waals surface area contributed by atoms with E-state index in [4.69, 9.17) is 4.74 Å². The van der Waals surface area contributed by atoms with Gasteiger partial charge in [0.25, 0.3) is 5.91 Å². The van der Waals surface area contributed by atoms with Crippen molar-refractivity contribution in [3.05, 3.63) is 59.7 Å². The van der Waals surface area contributed by atoms with Gasteiger partial charge in [0.2, 0.25) is 0 Å². The summed E-state index contributed by atoms with van der Waals surface area (Å²) < 4.78 is 44.0. The summed E-state index contributed by atoms with van der Waals surface area (Å²) in [5, 5.41) is 2.96. The number of piperazine rings is 1. The number of carbonyl (C=O) groups is 1. The lowest BCUT2D eigenvalue weighted by Crippen LogP contribution is -3.19. The first kappa shape index (κ1) is 22.0. The summed E-state index contributed by atoms with van der Waals surface area (Å²) in [5.74, 6) is 0.731. The lowest BCUT2D eigenvalue weighted by atomic mass is 10.1. The molecule has 1 aliphatic heterocycles. The third kappa shape index (κ3) is 5.44. The highest BCUT2D eigenvalue weighted by atomic mass is 19.4. The summed E-state index contributed by atoms with van der Waals surface area (Å²) >= 11 is 0. The molecule has 1 atom stereocenters. The van der Waals surface area contributed by atoms with Crippen LogP contribution < -0.4 is 19.9 Å². The molecule has 3 rings (SSSR count). The molecular weight excluding hydrogens is 395 g/mol. The molecule has 5 nitrogen and oxygen atoms in total. The Bertz CT molecular complexity index is 847. The van der Waals surface area contributed by atoms with Crippen LogP contribution in [0.1, 0.15) is 18.1 Å². The Balaban J connectivity index is 1.50. The third-order valence-corrected chi connectivity index (χ3v) is 5.58. The van der Waals surface area contributed by atoms with Gasteiger partial charge in [-0.3, -0.25) is 4.79 Å². The van der Waals surface area contributed by atoms with Crippen molar-refractivity contribution in [2.24, 2.45) is 0 Å². The van der Waals surface area contributed by atoms with Crippen molar-refractivity contribution < 1.29 is 27.6 Å². The zero-order valence-corrected chi connectivity index (χ0v) is 17.1. The van der Waals surface area contributed by atoms with Crippen molar-refractivity contribution in [1.29, 1.82) is 0 Å². The maximum absolute atomic E-state index is 13.0. The molecule has 2 aromatic rings. The van der Waals surface area contributed by atoms with Gasteiger partial charge >= 0.3 is 6.18 Å². The van der Waals surface area contributed by atoms with Crippen LogP contribution in [0.4, 0.5) is 18.9 Å². The lowest BCUT2D eigenvalue weighted by molar-refractivity contribution is -0.914. The molecule has 1 saturated heterocycles. The van der Waals surface area contributed by atoms with Crippen LogP contribution in [-0.2, 0) is 17.5 Å². The van der Waals surface area contributed by atoms with Gasteiger partial charge in [-0.1, -0.05) is 18.2 Å². The average Bonchev–Trinajstić information content (AvgIpc) is 2.77. The number of nitrogens with zero attached hydrogens (tertiary/aromatic N) is 1. The zero-order chi connectivity index (χ0) is 21.7. The molecule has 1 aliphatic rings. The van der Waals surface area contributed by atoms with Gasteiger partial charge in [-0.25, -0.2) is 0 Å². The molecule has 1 amide bonds. The number of rotatable bonds is 6. The summed E-state index contributed by atoms with van der Waals surface area (Å²) in [6.45, 7) is 4.91. The van der Waals surface area contributed by atoms with Crippen LogP contribution in [0.25, 0.3) is 0 Å². The molecule has 0 spiro atoms. The average molecular weight is 422 g/mol. The molecule has 162 valence electrons. The van der Waals surface area contributed by atoms with Crippen molar-refractivity contribution in [2.75, 3.05) is 38.2 Å². The van der Waals surface area contributed by atoms with Crippen LogP contribution in [0.15, 0.2) is 48.5 Å². The van der Waals surface area contributed by atoms with E-state index in [0.29, 0.717) is 38.4 Å². The first-order valence-corrected chi connectivity index (χ1v) is 9.95. The van der Waals surface area contributed by atoms with Crippen molar-refractivity contribution in [3.63, 3.8) is 0 Å². The number of carbonyl (C=O) groups excluding carboxylic acids is 1. The Kier molecular flexibility index (Phi) is 6.87. The first-order valence-electron chi connectivity index (χ1n) is 9.95. The number of methoxy groups -OCH3 is 1. The third-order valence-electron chi connectivity index (χ3n) is 5.58. The van der Waals surface area contributed by atoms with E-state index in [9.17, 15) is 18.0 Å². The van der Waals surface area contributed by atoms with Crippen LogP contribution >= 0.6 is 0 Å². The van der Waals surface area contributed by atoms with Crippen LogP contribution in [0.3, 0.4) is 0 Å². The van der Waals surface area contributed by atoms with Gasteiger partial charge in [0.1, 0.15) is 5.75 Å². The lowest BCUT2D eigenvalue weighted by Gasteiger charge is -2.36. The Hall–Kier alpha value is -2.74. The van der Waals surface area contributed by atoms with Gasteiger partial charge < -0.3 is 19.9 Å². The SMILES string of the molecule is COc1ccc(CNC(=O)[C@@H](C)[NH+]2CCN(c3cccc(C(F)(F)F)c3)CC2)cc1. The largest absolute Gasteiger partial charge is 0.497 e. The van der Waals surface area contributed by atoms with E-state index in [1.165, 1.54) is 12.1 Å². The Morgan fingerprint density at radius 3 is 2.43 bits per heavy atom. The van der Waals surface area contributed by atoms with Crippen molar-refractivity contribution >= 4 is 11.6 Å². The molecule has 1 heterocycles. The summed E-state index contributed by atoms with van der Waals surface area (Å²) in [6.07, 6.45) is -4.35. The van der Waals surface area contributed by atoms with E-state index in [1.807, 2.05) is 36.1 Å². The second kappa shape index (κ2) is 9.38. The van der Waals surface area contributed by atoms with Gasteiger partial charge in [-0.15, -0.1) is 0 Å². The van der Waals surface area contributed by atoms with E-state index < -0.39 is 11.7 Å². The Morgan fingerprint density at radius 1 is 1.17 bits per heavy atom. The van der Waals surface area contributed by atoms with Gasteiger partial charge in [0, 0.05) is 12.2 Å². The highest BCUT2D eigenvalue weighted by Crippen LogP contribution is 2.31. The van der Waals surface area contributed by atoms with E-state index in [0.717, 1.165) is 22.3 Å². The van der Waals surface area contributed by atoms with E-state index in [-0.39, 0.29) is 11.9 Å². The molecule has 0 saturated carbocycles. The quantitative estimate of drug-likeness (QED) is 0.750.